The number of aryl methyl sites for hydroxylation is 1. The van der Waals surface area contributed by atoms with Gasteiger partial charge in [-0.1, -0.05) is 0 Å². The van der Waals surface area contributed by atoms with Crippen molar-refractivity contribution in [2.75, 3.05) is 5.32 Å². The number of H-pyrrole nitrogens is 1. The van der Waals surface area contributed by atoms with Crippen molar-refractivity contribution < 1.29 is 0 Å². The van der Waals surface area contributed by atoms with E-state index in [1.807, 2.05) is 19.2 Å². The molecule has 0 saturated carbocycles. The van der Waals surface area contributed by atoms with Gasteiger partial charge in [0.2, 0.25) is 0 Å². The second-order valence-corrected chi connectivity index (χ2v) is 4.15. The first-order valence-electron chi connectivity index (χ1n) is 5.66. The lowest BCUT2D eigenvalue weighted by Gasteiger charge is -2.14. The highest BCUT2D eigenvalue weighted by Crippen LogP contribution is 2.18. The molecule has 0 amide bonds. The Morgan fingerprint density at radius 1 is 1.44 bits per heavy atom. The third-order valence-electron chi connectivity index (χ3n) is 2.76. The Morgan fingerprint density at radius 3 is 3.11 bits per heavy atom. The highest BCUT2D eigenvalue weighted by molar-refractivity contribution is 5.46. The molecule has 3 aromatic heterocycles. The van der Waals surface area contributed by atoms with Crippen molar-refractivity contribution in [1.82, 2.24) is 29.8 Å². The molecular formula is C11H13N7. The first-order valence-corrected chi connectivity index (χ1v) is 5.66. The van der Waals surface area contributed by atoms with Crippen LogP contribution in [0.3, 0.4) is 0 Å². The average Bonchev–Trinajstić information content (AvgIpc) is 2.98. The summed E-state index contributed by atoms with van der Waals surface area (Å²) in [5, 5.41) is 14.3. The standard InChI is InChI=1S/C11H13N7/c1-7-3-10(18-11(16-7)12-6-15-18)17-8(2)9-4-13-14-5-9/h3-6,8,17H,1-2H3,(H,13,14). The van der Waals surface area contributed by atoms with Gasteiger partial charge in [-0.3, -0.25) is 5.10 Å². The van der Waals surface area contributed by atoms with Crippen LogP contribution in [0.5, 0.6) is 0 Å². The van der Waals surface area contributed by atoms with Crippen molar-refractivity contribution in [1.29, 1.82) is 0 Å². The van der Waals surface area contributed by atoms with E-state index in [0.29, 0.717) is 5.78 Å². The normalized spacial score (nSPS) is 12.8. The first-order chi connectivity index (χ1) is 8.74. The Kier molecular flexibility index (Phi) is 2.44. The topological polar surface area (TPSA) is 83.8 Å². The molecule has 0 bridgehead atoms. The van der Waals surface area contributed by atoms with Crippen LogP contribution in [0.4, 0.5) is 5.82 Å². The summed E-state index contributed by atoms with van der Waals surface area (Å²) in [4.78, 5) is 8.39. The molecule has 3 rings (SSSR count). The summed E-state index contributed by atoms with van der Waals surface area (Å²) in [6.07, 6.45) is 5.16. The minimum absolute atomic E-state index is 0.123. The summed E-state index contributed by atoms with van der Waals surface area (Å²) < 4.78 is 1.68. The molecule has 3 heterocycles. The van der Waals surface area contributed by atoms with E-state index in [9.17, 15) is 0 Å². The fourth-order valence-electron chi connectivity index (χ4n) is 1.84. The molecule has 7 heteroatoms. The number of rotatable bonds is 3. The zero-order valence-corrected chi connectivity index (χ0v) is 10.1. The average molecular weight is 243 g/mol. The van der Waals surface area contributed by atoms with Gasteiger partial charge in [-0.05, 0) is 13.8 Å². The Labute approximate surface area is 103 Å². The predicted octanol–water partition coefficient (Wildman–Crippen LogP) is 1.33. The number of anilines is 1. The van der Waals surface area contributed by atoms with E-state index < -0.39 is 0 Å². The summed E-state index contributed by atoms with van der Waals surface area (Å²) in [5.41, 5.74) is 1.98. The van der Waals surface area contributed by atoms with Gasteiger partial charge in [0, 0.05) is 23.5 Å². The summed E-state index contributed by atoms with van der Waals surface area (Å²) in [5.74, 6) is 1.46. The Morgan fingerprint density at radius 2 is 2.33 bits per heavy atom. The molecule has 92 valence electrons. The van der Waals surface area contributed by atoms with E-state index in [1.54, 1.807) is 10.7 Å². The number of hydrogen-bond donors (Lipinski definition) is 2. The van der Waals surface area contributed by atoms with Crippen molar-refractivity contribution in [3.63, 3.8) is 0 Å². The molecule has 1 atom stereocenters. The number of nitrogens with zero attached hydrogens (tertiary/aromatic N) is 5. The molecule has 0 aromatic carbocycles. The largest absolute Gasteiger partial charge is 0.363 e. The molecule has 0 fully saturated rings. The van der Waals surface area contributed by atoms with Gasteiger partial charge in [0.15, 0.2) is 0 Å². The number of nitrogens with one attached hydrogen (secondary N) is 2. The third kappa shape index (κ3) is 1.79. The SMILES string of the molecule is Cc1cc(NC(C)c2cn[nH]c2)n2ncnc2n1. The molecule has 0 spiro atoms. The van der Waals surface area contributed by atoms with Crippen LogP contribution in [-0.2, 0) is 0 Å². The lowest BCUT2D eigenvalue weighted by Crippen LogP contribution is -2.10. The van der Waals surface area contributed by atoms with Crippen LogP contribution in [0.15, 0.2) is 24.8 Å². The fraction of sp³-hybridized carbons (Fsp3) is 0.273. The molecule has 3 aromatic rings. The van der Waals surface area contributed by atoms with Crippen molar-refractivity contribution in [3.05, 3.63) is 36.0 Å². The Bertz CT molecular complexity index is 655. The second-order valence-electron chi connectivity index (χ2n) is 4.15. The minimum atomic E-state index is 0.123. The van der Waals surface area contributed by atoms with Crippen LogP contribution in [-0.4, -0.2) is 29.8 Å². The molecule has 0 aliphatic rings. The van der Waals surface area contributed by atoms with Crippen molar-refractivity contribution in [3.8, 4) is 0 Å². The maximum Gasteiger partial charge on any atom is 0.254 e. The Hall–Kier alpha value is -2.44. The molecular weight excluding hydrogens is 230 g/mol. The van der Waals surface area contributed by atoms with Gasteiger partial charge in [0.25, 0.3) is 5.78 Å². The van der Waals surface area contributed by atoms with E-state index in [4.69, 9.17) is 0 Å². The van der Waals surface area contributed by atoms with Gasteiger partial charge in [-0.2, -0.15) is 19.7 Å². The zero-order valence-electron chi connectivity index (χ0n) is 10.1. The van der Waals surface area contributed by atoms with Crippen LogP contribution < -0.4 is 5.32 Å². The highest BCUT2D eigenvalue weighted by atomic mass is 15.4. The molecule has 0 radical (unpaired) electrons. The summed E-state index contributed by atoms with van der Waals surface area (Å²) >= 11 is 0. The van der Waals surface area contributed by atoms with Crippen LogP contribution in [0.2, 0.25) is 0 Å². The Balaban J connectivity index is 1.97. The fourth-order valence-corrected chi connectivity index (χ4v) is 1.84. The molecule has 0 aliphatic carbocycles. The third-order valence-corrected chi connectivity index (χ3v) is 2.76. The maximum absolute atomic E-state index is 4.30. The van der Waals surface area contributed by atoms with Gasteiger partial charge in [0.05, 0.1) is 12.2 Å². The molecule has 0 aliphatic heterocycles. The van der Waals surface area contributed by atoms with Gasteiger partial charge >= 0.3 is 0 Å². The molecule has 2 N–H and O–H groups in total. The quantitative estimate of drug-likeness (QED) is 0.725. The molecule has 18 heavy (non-hydrogen) atoms. The van der Waals surface area contributed by atoms with Crippen LogP contribution in [0.25, 0.3) is 5.78 Å². The zero-order chi connectivity index (χ0) is 12.5. The summed E-state index contributed by atoms with van der Waals surface area (Å²) in [7, 11) is 0. The second kappa shape index (κ2) is 4.10. The molecule has 1 unspecified atom stereocenters. The van der Waals surface area contributed by atoms with Gasteiger partial charge in [-0.25, -0.2) is 4.98 Å². The van der Waals surface area contributed by atoms with Crippen LogP contribution in [0.1, 0.15) is 24.2 Å². The number of aromatic amines is 1. The number of hydrogen-bond acceptors (Lipinski definition) is 5. The van der Waals surface area contributed by atoms with Crippen molar-refractivity contribution in [2.24, 2.45) is 0 Å². The van der Waals surface area contributed by atoms with E-state index in [0.717, 1.165) is 17.1 Å². The lowest BCUT2D eigenvalue weighted by molar-refractivity contribution is 0.838. The molecule has 0 saturated heterocycles. The monoisotopic (exact) mass is 243 g/mol. The number of fused-ring (bicyclic) bond motifs is 1. The van der Waals surface area contributed by atoms with Crippen LogP contribution >= 0.6 is 0 Å². The van der Waals surface area contributed by atoms with E-state index >= 15 is 0 Å². The minimum Gasteiger partial charge on any atom is -0.363 e. The molecule has 7 nitrogen and oxygen atoms in total. The van der Waals surface area contributed by atoms with E-state index in [-0.39, 0.29) is 6.04 Å². The smallest absolute Gasteiger partial charge is 0.254 e. The van der Waals surface area contributed by atoms with Gasteiger partial charge in [0.1, 0.15) is 12.1 Å². The van der Waals surface area contributed by atoms with Crippen molar-refractivity contribution >= 4 is 11.6 Å². The maximum atomic E-state index is 4.30. The first kappa shape index (κ1) is 10.7. The van der Waals surface area contributed by atoms with Gasteiger partial charge in [-0.15, -0.1) is 0 Å². The van der Waals surface area contributed by atoms with E-state index in [2.05, 4.69) is 37.5 Å². The van der Waals surface area contributed by atoms with Crippen molar-refractivity contribution in [2.45, 2.75) is 19.9 Å². The van der Waals surface area contributed by atoms with Gasteiger partial charge < -0.3 is 5.32 Å². The summed E-state index contributed by atoms with van der Waals surface area (Å²) in [6, 6.07) is 2.07. The van der Waals surface area contributed by atoms with Crippen LogP contribution in [0, 0.1) is 6.92 Å². The predicted molar refractivity (Wildman–Crippen MR) is 66.1 cm³/mol. The lowest BCUT2D eigenvalue weighted by atomic mass is 10.2. The summed E-state index contributed by atoms with van der Waals surface area (Å²) in [6.45, 7) is 3.99. The number of aromatic nitrogens is 6. The highest BCUT2D eigenvalue weighted by Gasteiger charge is 2.10. The van der Waals surface area contributed by atoms with E-state index in [1.165, 1.54) is 6.33 Å².